The molecule has 0 bridgehead atoms. The minimum absolute atomic E-state index is 0.178. The molecule has 0 amide bonds. The number of hydrogen-bond acceptors (Lipinski definition) is 3. The van der Waals surface area contributed by atoms with Gasteiger partial charge in [-0.15, -0.1) is 11.6 Å². The smallest absolute Gasteiger partial charge is 0.312 e. The fraction of sp³-hybridized carbons (Fsp3) is 1.00. The van der Waals surface area contributed by atoms with Gasteiger partial charge in [-0.25, -0.2) is 0 Å². The lowest BCUT2D eigenvalue weighted by Gasteiger charge is -2.06. The predicted octanol–water partition coefficient (Wildman–Crippen LogP) is 2.29. The second kappa shape index (κ2) is 5.28. The van der Waals surface area contributed by atoms with E-state index < -0.39 is 8.60 Å². The van der Waals surface area contributed by atoms with Crippen LogP contribution in [-0.2, 0) is 13.6 Å². The zero-order valence-corrected chi connectivity index (χ0v) is 8.11. The third-order valence-electron chi connectivity index (χ3n) is 1.16. The van der Waals surface area contributed by atoms with Crippen molar-refractivity contribution >= 4 is 20.2 Å². The Kier molecular flexibility index (Phi) is 4.65. The zero-order valence-electron chi connectivity index (χ0n) is 6.46. The first-order chi connectivity index (χ1) is 5.33. The highest BCUT2D eigenvalue weighted by molar-refractivity contribution is 7.41. The van der Waals surface area contributed by atoms with Crippen molar-refractivity contribution in [2.24, 2.45) is 0 Å². The molecule has 2 unspecified atom stereocenters. The van der Waals surface area contributed by atoms with Crippen LogP contribution in [0.1, 0.15) is 13.3 Å². The van der Waals surface area contributed by atoms with E-state index in [1.54, 1.807) is 0 Å². The molecule has 0 aliphatic carbocycles. The van der Waals surface area contributed by atoms with Gasteiger partial charge in [0, 0.05) is 5.88 Å². The van der Waals surface area contributed by atoms with E-state index in [1.807, 2.05) is 6.92 Å². The summed E-state index contributed by atoms with van der Waals surface area (Å²) in [6.45, 7) is 3.24. The number of halogens is 1. The topological polar surface area (TPSA) is 27.7 Å². The van der Waals surface area contributed by atoms with E-state index >= 15 is 0 Å². The van der Waals surface area contributed by atoms with Crippen molar-refractivity contribution < 1.29 is 13.6 Å². The minimum Gasteiger partial charge on any atom is -0.312 e. The highest BCUT2D eigenvalue weighted by Crippen LogP contribution is 2.46. The molecule has 0 spiro atoms. The highest BCUT2D eigenvalue weighted by atomic mass is 35.5. The van der Waals surface area contributed by atoms with Crippen LogP contribution in [0.4, 0.5) is 0 Å². The van der Waals surface area contributed by atoms with Crippen LogP contribution in [0, 0.1) is 0 Å². The van der Waals surface area contributed by atoms with Gasteiger partial charge in [-0.1, -0.05) is 0 Å². The van der Waals surface area contributed by atoms with Crippen LogP contribution < -0.4 is 0 Å². The first kappa shape index (κ1) is 9.69. The van der Waals surface area contributed by atoms with Crippen molar-refractivity contribution in [3.8, 4) is 0 Å². The molecule has 0 radical (unpaired) electrons. The lowest BCUT2D eigenvalue weighted by atomic mass is 10.5. The standard InChI is InChI=1S/C6H12ClO3P/c1-6-5-9-11(10-6)8-4-2-3-7/h6H,2-5H2,1H3. The summed E-state index contributed by atoms with van der Waals surface area (Å²) >= 11 is 5.46. The average molecular weight is 199 g/mol. The molecule has 5 heteroatoms. The Morgan fingerprint density at radius 1 is 1.73 bits per heavy atom. The summed E-state index contributed by atoms with van der Waals surface area (Å²) in [4.78, 5) is 0. The Labute approximate surface area is 73.0 Å². The largest absolute Gasteiger partial charge is 0.333 e. The second-order valence-corrected chi connectivity index (χ2v) is 3.86. The van der Waals surface area contributed by atoms with Gasteiger partial charge >= 0.3 is 8.60 Å². The minimum atomic E-state index is -1.05. The maximum absolute atomic E-state index is 5.46. The Balaban J connectivity index is 1.99. The molecule has 3 nitrogen and oxygen atoms in total. The maximum Gasteiger partial charge on any atom is 0.333 e. The highest BCUT2D eigenvalue weighted by Gasteiger charge is 2.24. The van der Waals surface area contributed by atoms with Crippen LogP contribution in [-0.4, -0.2) is 25.2 Å². The van der Waals surface area contributed by atoms with Crippen molar-refractivity contribution in [2.75, 3.05) is 19.1 Å². The van der Waals surface area contributed by atoms with Gasteiger partial charge < -0.3 is 13.6 Å². The summed E-state index contributed by atoms with van der Waals surface area (Å²) in [5.41, 5.74) is 0. The number of rotatable bonds is 4. The summed E-state index contributed by atoms with van der Waals surface area (Å²) in [5, 5.41) is 0. The van der Waals surface area contributed by atoms with Crippen LogP contribution in [0.15, 0.2) is 0 Å². The van der Waals surface area contributed by atoms with Gasteiger partial charge in [-0.3, -0.25) is 0 Å². The molecule has 1 heterocycles. The van der Waals surface area contributed by atoms with Gasteiger partial charge in [0.05, 0.1) is 19.3 Å². The first-order valence-corrected chi connectivity index (χ1v) is 5.24. The number of alkyl halides is 1. The van der Waals surface area contributed by atoms with E-state index in [-0.39, 0.29) is 6.10 Å². The molecule has 0 aromatic carbocycles. The molecule has 0 N–H and O–H groups in total. The summed E-state index contributed by atoms with van der Waals surface area (Å²) in [6, 6.07) is 0. The van der Waals surface area contributed by atoms with Gasteiger partial charge in [0.15, 0.2) is 0 Å². The summed E-state index contributed by atoms with van der Waals surface area (Å²) < 4.78 is 15.7. The van der Waals surface area contributed by atoms with E-state index in [0.717, 1.165) is 6.42 Å². The van der Waals surface area contributed by atoms with Crippen LogP contribution in [0.3, 0.4) is 0 Å². The molecular weight excluding hydrogens is 186 g/mol. The molecular formula is C6H12ClO3P. The predicted molar refractivity (Wildman–Crippen MR) is 44.7 cm³/mol. The van der Waals surface area contributed by atoms with Crippen molar-refractivity contribution in [2.45, 2.75) is 19.4 Å². The third-order valence-corrected chi connectivity index (χ3v) is 2.71. The lowest BCUT2D eigenvalue weighted by molar-refractivity contribution is 0.227. The van der Waals surface area contributed by atoms with Crippen LogP contribution >= 0.6 is 20.2 Å². The van der Waals surface area contributed by atoms with E-state index in [1.165, 1.54) is 0 Å². The maximum atomic E-state index is 5.46. The molecule has 0 aromatic heterocycles. The van der Waals surface area contributed by atoms with Gasteiger partial charge in [-0.05, 0) is 13.3 Å². The molecule has 1 rings (SSSR count). The van der Waals surface area contributed by atoms with Crippen molar-refractivity contribution in [1.82, 2.24) is 0 Å². The van der Waals surface area contributed by atoms with Crippen molar-refractivity contribution in [1.29, 1.82) is 0 Å². The molecule has 1 aliphatic rings. The molecule has 11 heavy (non-hydrogen) atoms. The molecule has 1 saturated heterocycles. The monoisotopic (exact) mass is 198 g/mol. The Hall–Kier alpha value is 0.600. The summed E-state index contributed by atoms with van der Waals surface area (Å²) in [5.74, 6) is 0.624. The normalized spacial score (nSPS) is 31.1. The van der Waals surface area contributed by atoms with Gasteiger partial charge in [0.1, 0.15) is 0 Å². The quantitative estimate of drug-likeness (QED) is 0.394. The van der Waals surface area contributed by atoms with Crippen molar-refractivity contribution in [3.05, 3.63) is 0 Å². The first-order valence-electron chi connectivity index (χ1n) is 3.61. The average Bonchev–Trinajstić information content (AvgIpc) is 2.37. The lowest BCUT2D eigenvalue weighted by Crippen LogP contribution is -2.00. The van der Waals surface area contributed by atoms with Crippen LogP contribution in [0.2, 0.25) is 0 Å². The van der Waals surface area contributed by atoms with E-state index in [4.69, 9.17) is 25.2 Å². The van der Waals surface area contributed by atoms with E-state index in [0.29, 0.717) is 19.1 Å². The Morgan fingerprint density at radius 2 is 2.55 bits per heavy atom. The fourth-order valence-electron chi connectivity index (χ4n) is 0.635. The summed E-state index contributed by atoms with van der Waals surface area (Å²) in [6.07, 6.45) is 1.03. The molecule has 66 valence electrons. The molecule has 0 aromatic rings. The van der Waals surface area contributed by atoms with Crippen LogP contribution in [0.5, 0.6) is 0 Å². The van der Waals surface area contributed by atoms with E-state index in [9.17, 15) is 0 Å². The zero-order chi connectivity index (χ0) is 8.10. The molecule has 1 aliphatic heterocycles. The Bertz CT molecular complexity index is 114. The summed E-state index contributed by atoms with van der Waals surface area (Å²) in [7, 11) is -1.05. The molecule has 1 fully saturated rings. The van der Waals surface area contributed by atoms with E-state index in [2.05, 4.69) is 0 Å². The van der Waals surface area contributed by atoms with Crippen LogP contribution in [0.25, 0.3) is 0 Å². The van der Waals surface area contributed by atoms with Gasteiger partial charge in [0.2, 0.25) is 0 Å². The van der Waals surface area contributed by atoms with Gasteiger partial charge in [-0.2, -0.15) is 0 Å². The van der Waals surface area contributed by atoms with Gasteiger partial charge in [0.25, 0.3) is 0 Å². The van der Waals surface area contributed by atoms with Crippen molar-refractivity contribution in [3.63, 3.8) is 0 Å². The molecule has 0 saturated carbocycles. The third kappa shape index (κ3) is 3.68. The number of hydrogen-bond donors (Lipinski definition) is 0. The molecule has 2 atom stereocenters. The Morgan fingerprint density at radius 3 is 3.09 bits per heavy atom. The second-order valence-electron chi connectivity index (χ2n) is 2.31. The fourth-order valence-corrected chi connectivity index (χ4v) is 1.90. The SMILES string of the molecule is CC1COP(OCCCCl)O1.